The van der Waals surface area contributed by atoms with Crippen LogP contribution in [0, 0.1) is 0 Å². The van der Waals surface area contributed by atoms with Crippen molar-refractivity contribution in [1.29, 1.82) is 0 Å². The average Bonchev–Trinajstić information content (AvgIpc) is 2.56. The summed E-state index contributed by atoms with van der Waals surface area (Å²) in [4.78, 5) is 2.54. The third-order valence-corrected chi connectivity index (χ3v) is 3.88. The Morgan fingerprint density at radius 3 is 1.85 bits per heavy atom. The van der Waals surface area contributed by atoms with Crippen molar-refractivity contribution < 1.29 is 4.74 Å². The second kappa shape index (κ2) is 3.58. The number of hydrogen-bond acceptors (Lipinski definition) is 2. The molecule has 2 nitrogen and oxygen atoms in total. The van der Waals surface area contributed by atoms with Gasteiger partial charge in [-0.25, -0.2) is 0 Å². The molecule has 1 saturated heterocycles. The van der Waals surface area contributed by atoms with E-state index in [9.17, 15) is 0 Å². The van der Waals surface area contributed by atoms with Crippen LogP contribution in [0.1, 0.15) is 40.5 Å². The lowest BCUT2D eigenvalue weighted by Crippen LogP contribution is -2.57. The minimum absolute atomic E-state index is 0.0721. The van der Waals surface area contributed by atoms with E-state index in [1.165, 1.54) is 25.9 Å². The first kappa shape index (κ1) is 11.0. The lowest BCUT2D eigenvalue weighted by Gasteiger charge is -2.46. The molecule has 0 aromatic heterocycles. The molecule has 2 heteroatoms. The molecular formula is C11H23NO. The average molecular weight is 185 g/mol. The molecule has 0 aromatic rings. The molecule has 0 unspecified atom stereocenters. The van der Waals surface area contributed by atoms with Gasteiger partial charge in [0.25, 0.3) is 0 Å². The van der Waals surface area contributed by atoms with Gasteiger partial charge in [0.05, 0.1) is 5.60 Å². The van der Waals surface area contributed by atoms with Crippen LogP contribution in [0.25, 0.3) is 0 Å². The fraction of sp³-hybridized carbons (Fsp3) is 1.00. The maximum absolute atomic E-state index is 5.57. The molecule has 0 aromatic carbocycles. The van der Waals surface area contributed by atoms with Gasteiger partial charge in [0, 0.05) is 12.6 Å². The number of likely N-dealkylation sites (tertiary alicyclic amines) is 1. The van der Waals surface area contributed by atoms with Crippen molar-refractivity contribution in [2.45, 2.75) is 51.7 Å². The van der Waals surface area contributed by atoms with Crippen LogP contribution in [0.3, 0.4) is 0 Å². The van der Waals surface area contributed by atoms with E-state index in [-0.39, 0.29) is 11.1 Å². The third kappa shape index (κ3) is 1.89. The molecule has 13 heavy (non-hydrogen) atoms. The highest BCUT2D eigenvalue weighted by Crippen LogP contribution is 2.33. The van der Waals surface area contributed by atoms with Crippen molar-refractivity contribution in [1.82, 2.24) is 4.90 Å². The van der Waals surface area contributed by atoms with Crippen LogP contribution in [0.15, 0.2) is 0 Å². The molecule has 0 spiro atoms. The summed E-state index contributed by atoms with van der Waals surface area (Å²) in [6, 6.07) is 0. The Morgan fingerprint density at radius 2 is 1.46 bits per heavy atom. The first-order chi connectivity index (χ1) is 5.92. The number of hydrogen-bond donors (Lipinski definition) is 0. The minimum atomic E-state index is -0.0721. The van der Waals surface area contributed by atoms with Crippen molar-refractivity contribution in [3.63, 3.8) is 0 Å². The zero-order valence-electron chi connectivity index (χ0n) is 9.68. The number of ether oxygens (including phenoxy) is 1. The van der Waals surface area contributed by atoms with Crippen molar-refractivity contribution in [2.24, 2.45) is 0 Å². The van der Waals surface area contributed by atoms with Gasteiger partial charge in [-0.15, -0.1) is 0 Å². The molecule has 1 rings (SSSR count). The van der Waals surface area contributed by atoms with Crippen molar-refractivity contribution in [3.8, 4) is 0 Å². The van der Waals surface area contributed by atoms with E-state index in [1.54, 1.807) is 7.11 Å². The smallest absolute Gasteiger partial charge is 0.0800 e. The Morgan fingerprint density at radius 1 is 1.00 bits per heavy atom. The monoisotopic (exact) mass is 185 g/mol. The second-order valence-corrected chi connectivity index (χ2v) is 4.97. The summed E-state index contributed by atoms with van der Waals surface area (Å²) in [5.74, 6) is 0. The van der Waals surface area contributed by atoms with Crippen LogP contribution in [-0.4, -0.2) is 36.2 Å². The predicted molar refractivity (Wildman–Crippen MR) is 56.0 cm³/mol. The molecule has 0 aliphatic carbocycles. The highest BCUT2D eigenvalue weighted by atomic mass is 16.5. The van der Waals surface area contributed by atoms with Gasteiger partial charge < -0.3 is 4.74 Å². The molecule has 0 saturated carbocycles. The van der Waals surface area contributed by atoms with Crippen LogP contribution in [0.4, 0.5) is 0 Å². The van der Waals surface area contributed by atoms with E-state index in [0.29, 0.717) is 0 Å². The number of rotatable bonds is 3. The van der Waals surface area contributed by atoms with Crippen LogP contribution in [0.2, 0.25) is 0 Å². The zero-order chi connectivity index (χ0) is 10.1. The minimum Gasteiger partial charge on any atom is -0.377 e. The predicted octanol–water partition coefficient (Wildman–Crippen LogP) is 2.29. The van der Waals surface area contributed by atoms with Gasteiger partial charge in [-0.3, -0.25) is 4.90 Å². The number of nitrogens with zero attached hydrogens (tertiary/aromatic N) is 1. The fourth-order valence-electron chi connectivity index (χ4n) is 1.91. The lowest BCUT2D eigenvalue weighted by atomic mass is 9.84. The molecule has 1 aliphatic rings. The molecule has 1 heterocycles. The summed E-state index contributed by atoms with van der Waals surface area (Å²) in [5.41, 5.74) is 0.0651. The summed E-state index contributed by atoms with van der Waals surface area (Å²) < 4.78 is 5.57. The van der Waals surface area contributed by atoms with Crippen LogP contribution in [-0.2, 0) is 4.74 Å². The molecule has 0 bridgehead atoms. The molecule has 0 atom stereocenters. The Balaban J connectivity index is 2.73. The van der Waals surface area contributed by atoms with Crippen molar-refractivity contribution in [2.75, 3.05) is 20.2 Å². The van der Waals surface area contributed by atoms with E-state index in [0.717, 1.165) is 0 Å². The Hall–Kier alpha value is -0.0800. The summed E-state index contributed by atoms with van der Waals surface area (Å²) >= 11 is 0. The third-order valence-electron chi connectivity index (χ3n) is 3.88. The Kier molecular flexibility index (Phi) is 3.03. The van der Waals surface area contributed by atoms with Gasteiger partial charge >= 0.3 is 0 Å². The van der Waals surface area contributed by atoms with Gasteiger partial charge in [0.15, 0.2) is 0 Å². The van der Waals surface area contributed by atoms with Gasteiger partial charge in [-0.05, 0) is 53.6 Å². The molecule has 78 valence electrons. The second-order valence-electron chi connectivity index (χ2n) is 4.97. The maximum Gasteiger partial charge on any atom is 0.0800 e. The summed E-state index contributed by atoms with van der Waals surface area (Å²) in [6.07, 6.45) is 2.67. The van der Waals surface area contributed by atoms with E-state index in [4.69, 9.17) is 4.74 Å². The summed E-state index contributed by atoms with van der Waals surface area (Å²) in [5, 5.41) is 0. The van der Waals surface area contributed by atoms with Crippen molar-refractivity contribution in [3.05, 3.63) is 0 Å². The fourth-order valence-corrected chi connectivity index (χ4v) is 1.91. The van der Waals surface area contributed by atoms with E-state index >= 15 is 0 Å². The van der Waals surface area contributed by atoms with E-state index < -0.39 is 0 Å². The van der Waals surface area contributed by atoms with Crippen molar-refractivity contribution >= 4 is 0 Å². The topological polar surface area (TPSA) is 12.5 Å². The number of methoxy groups -OCH3 is 1. The standard InChI is InChI=1S/C11H23NO/c1-10(2,11(3,4)13-5)12-8-6-7-9-12/h6-9H2,1-5H3. The van der Waals surface area contributed by atoms with Crippen LogP contribution < -0.4 is 0 Å². The first-order valence-electron chi connectivity index (χ1n) is 5.22. The molecule has 0 N–H and O–H groups in total. The first-order valence-corrected chi connectivity index (χ1v) is 5.22. The van der Waals surface area contributed by atoms with Gasteiger partial charge in [0.2, 0.25) is 0 Å². The maximum atomic E-state index is 5.57. The zero-order valence-corrected chi connectivity index (χ0v) is 9.68. The molecule has 1 fully saturated rings. The molecule has 0 radical (unpaired) electrons. The highest BCUT2D eigenvalue weighted by Gasteiger charge is 2.42. The normalized spacial score (nSPS) is 21.0. The summed E-state index contributed by atoms with van der Waals surface area (Å²) in [7, 11) is 1.80. The molecular weight excluding hydrogens is 162 g/mol. The Bertz CT molecular complexity index is 169. The van der Waals surface area contributed by atoms with Crippen LogP contribution >= 0.6 is 0 Å². The Labute approximate surface area is 82.3 Å². The lowest BCUT2D eigenvalue weighted by molar-refractivity contribution is -0.0916. The largest absolute Gasteiger partial charge is 0.377 e. The van der Waals surface area contributed by atoms with Gasteiger partial charge in [-0.2, -0.15) is 0 Å². The van der Waals surface area contributed by atoms with Gasteiger partial charge in [0.1, 0.15) is 0 Å². The quantitative estimate of drug-likeness (QED) is 0.669. The van der Waals surface area contributed by atoms with Crippen LogP contribution in [0.5, 0.6) is 0 Å². The van der Waals surface area contributed by atoms with Gasteiger partial charge in [-0.1, -0.05) is 0 Å². The molecule has 0 amide bonds. The SMILES string of the molecule is COC(C)(C)C(C)(C)N1CCCC1. The van der Waals surface area contributed by atoms with E-state index in [2.05, 4.69) is 32.6 Å². The molecule has 1 aliphatic heterocycles. The summed E-state index contributed by atoms with van der Waals surface area (Å²) in [6.45, 7) is 11.3. The van der Waals surface area contributed by atoms with E-state index in [1.807, 2.05) is 0 Å². The highest BCUT2D eigenvalue weighted by molar-refractivity contribution is 4.98.